The van der Waals surface area contributed by atoms with Crippen molar-refractivity contribution in [2.24, 2.45) is 0 Å². The van der Waals surface area contributed by atoms with Crippen LogP contribution in [0.5, 0.6) is 0 Å². The van der Waals surface area contributed by atoms with Crippen molar-refractivity contribution in [3.05, 3.63) is 60.7 Å². The van der Waals surface area contributed by atoms with Crippen LogP contribution in [-0.2, 0) is 4.74 Å². The Kier molecular flexibility index (Phi) is 6.78. The summed E-state index contributed by atoms with van der Waals surface area (Å²) in [5, 5.41) is 1.21. The lowest BCUT2D eigenvalue weighted by Crippen LogP contribution is -2.36. The van der Waals surface area contributed by atoms with E-state index in [1.54, 1.807) is 0 Å². The molecule has 1 aliphatic rings. The molecule has 0 aliphatic carbocycles. The van der Waals surface area contributed by atoms with Crippen LogP contribution >= 0.6 is 34.0 Å². The van der Waals surface area contributed by atoms with Crippen LogP contribution in [-0.4, -0.2) is 31.3 Å². The monoisotopic (exact) mass is 450 g/mol. The zero-order chi connectivity index (χ0) is 14.8. The molecule has 1 fully saturated rings. The molecule has 3 nitrogen and oxygen atoms in total. The Morgan fingerprint density at radius 3 is 2.25 bits per heavy atom. The Morgan fingerprint density at radius 2 is 1.50 bits per heavy atom. The van der Waals surface area contributed by atoms with Gasteiger partial charge in [0.25, 0.3) is 0 Å². The largest absolute Gasteiger partial charge is 0.378 e. The lowest BCUT2D eigenvalue weighted by molar-refractivity contribution is 0.123. The molecule has 0 bridgehead atoms. The Labute approximate surface area is 163 Å². The minimum absolute atomic E-state index is 0. The van der Waals surface area contributed by atoms with Crippen molar-refractivity contribution in [1.29, 1.82) is 0 Å². The molecule has 0 atom stereocenters. The van der Waals surface area contributed by atoms with Crippen LogP contribution in [0.15, 0.2) is 60.7 Å². The standard InChI is InChI=1S/C19H18N2O.2BrH/c1-2-6-15(7-3-1)18-14-19(21-10-12-22-13-11-21)16-8-4-5-9-17(16)20-18;;/h1-9,14H,10-13H2;2*1H. The zero-order valence-electron chi connectivity index (χ0n) is 13.2. The van der Waals surface area contributed by atoms with Gasteiger partial charge in [-0.2, -0.15) is 0 Å². The number of rotatable bonds is 2. The van der Waals surface area contributed by atoms with E-state index < -0.39 is 0 Å². The molecule has 0 saturated carbocycles. The lowest BCUT2D eigenvalue weighted by Gasteiger charge is -2.30. The summed E-state index contributed by atoms with van der Waals surface area (Å²) in [4.78, 5) is 7.25. The van der Waals surface area contributed by atoms with Crippen LogP contribution in [0.1, 0.15) is 0 Å². The normalized spacial score (nSPS) is 13.9. The van der Waals surface area contributed by atoms with E-state index in [4.69, 9.17) is 9.72 Å². The van der Waals surface area contributed by atoms with Crippen molar-refractivity contribution >= 4 is 50.6 Å². The van der Waals surface area contributed by atoms with Gasteiger partial charge in [-0.1, -0.05) is 48.5 Å². The molecule has 2 heterocycles. The van der Waals surface area contributed by atoms with E-state index in [2.05, 4.69) is 53.4 Å². The van der Waals surface area contributed by atoms with E-state index in [0.717, 1.165) is 43.1 Å². The molecule has 0 N–H and O–H groups in total. The number of fused-ring (bicyclic) bond motifs is 1. The van der Waals surface area contributed by atoms with E-state index in [1.807, 2.05) is 12.1 Å². The molecule has 0 amide bonds. The number of morpholine rings is 1. The van der Waals surface area contributed by atoms with Crippen LogP contribution in [0, 0.1) is 0 Å². The maximum absolute atomic E-state index is 5.49. The van der Waals surface area contributed by atoms with E-state index in [1.165, 1.54) is 11.1 Å². The molecular weight excluding hydrogens is 432 g/mol. The van der Waals surface area contributed by atoms with E-state index >= 15 is 0 Å². The predicted molar refractivity (Wildman–Crippen MR) is 111 cm³/mol. The van der Waals surface area contributed by atoms with Crippen molar-refractivity contribution in [2.75, 3.05) is 31.2 Å². The van der Waals surface area contributed by atoms with Crippen molar-refractivity contribution < 1.29 is 4.74 Å². The molecular formula is C19H20Br2N2O. The number of anilines is 1. The van der Waals surface area contributed by atoms with E-state index in [0.29, 0.717) is 0 Å². The van der Waals surface area contributed by atoms with E-state index in [9.17, 15) is 0 Å². The van der Waals surface area contributed by atoms with Gasteiger partial charge >= 0.3 is 0 Å². The third kappa shape index (κ3) is 3.79. The molecule has 3 aromatic rings. The summed E-state index contributed by atoms with van der Waals surface area (Å²) >= 11 is 0. The summed E-state index contributed by atoms with van der Waals surface area (Å²) in [5.41, 5.74) is 4.49. The van der Waals surface area contributed by atoms with Crippen LogP contribution in [0.25, 0.3) is 22.2 Å². The van der Waals surface area contributed by atoms with Gasteiger partial charge in [-0.25, -0.2) is 4.98 Å². The quantitative estimate of drug-likeness (QED) is 0.554. The molecule has 24 heavy (non-hydrogen) atoms. The van der Waals surface area contributed by atoms with Crippen LogP contribution in [0.2, 0.25) is 0 Å². The molecule has 0 spiro atoms. The molecule has 4 rings (SSSR count). The van der Waals surface area contributed by atoms with E-state index in [-0.39, 0.29) is 34.0 Å². The van der Waals surface area contributed by atoms with Crippen molar-refractivity contribution in [1.82, 2.24) is 4.98 Å². The van der Waals surface area contributed by atoms with Crippen molar-refractivity contribution in [2.45, 2.75) is 0 Å². The number of hydrogen-bond donors (Lipinski definition) is 0. The van der Waals surface area contributed by atoms with Crippen molar-refractivity contribution in [3.8, 4) is 11.3 Å². The lowest BCUT2D eigenvalue weighted by atomic mass is 10.1. The third-order valence-corrected chi connectivity index (χ3v) is 4.12. The molecule has 126 valence electrons. The van der Waals surface area contributed by atoms with Crippen LogP contribution < -0.4 is 4.90 Å². The summed E-state index contributed by atoms with van der Waals surface area (Å²) in [7, 11) is 0. The highest BCUT2D eigenvalue weighted by atomic mass is 79.9. The first-order valence-electron chi connectivity index (χ1n) is 7.70. The highest BCUT2D eigenvalue weighted by Gasteiger charge is 2.16. The van der Waals surface area contributed by atoms with Gasteiger partial charge in [0.15, 0.2) is 0 Å². The van der Waals surface area contributed by atoms with Gasteiger partial charge in [0.2, 0.25) is 0 Å². The van der Waals surface area contributed by atoms with Crippen LogP contribution in [0.4, 0.5) is 5.69 Å². The Balaban J connectivity index is 0.00000104. The first-order valence-corrected chi connectivity index (χ1v) is 7.70. The topological polar surface area (TPSA) is 25.4 Å². The molecule has 2 aromatic carbocycles. The SMILES string of the molecule is Br.Br.c1ccc(-c2cc(N3CCOCC3)c3ccccc3n2)cc1. The first kappa shape index (κ1) is 18.9. The smallest absolute Gasteiger partial charge is 0.0730 e. The van der Waals surface area contributed by atoms with Gasteiger partial charge in [0, 0.05) is 29.7 Å². The Morgan fingerprint density at radius 1 is 0.833 bits per heavy atom. The minimum Gasteiger partial charge on any atom is -0.378 e. The molecule has 1 aliphatic heterocycles. The summed E-state index contributed by atoms with van der Waals surface area (Å²) in [6.07, 6.45) is 0. The fourth-order valence-corrected chi connectivity index (χ4v) is 2.98. The van der Waals surface area contributed by atoms with Gasteiger partial charge in [-0.05, 0) is 12.1 Å². The summed E-state index contributed by atoms with van der Waals surface area (Å²) < 4.78 is 5.49. The third-order valence-electron chi connectivity index (χ3n) is 4.12. The molecule has 1 saturated heterocycles. The summed E-state index contributed by atoms with van der Waals surface area (Å²) in [6, 6.07) is 21.0. The number of benzene rings is 2. The fourth-order valence-electron chi connectivity index (χ4n) is 2.98. The second-order valence-corrected chi connectivity index (χ2v) is 5.51. The Hall–Kier alpha value is -1.43. The first-order chi connectivity index (χ1) is 10.9. The second kappa shape index (κ2) is 8.60. The number of aromatic nitrogens is 1. The average molecular weight is 452 g/mol. The predicted octanol–water partition coefficient (Wildman–Crippen LogP) is 4.89. The highest BCUT2D eigenvalue weighted by molar-refractivity contribution is 8.93. The van der Waals surface area contributed by atoms with Gasteiger partial charge in [-0.3, -0.25) is 0 Å². The van der Waals surface area contributed by atoms with Gasteiger partial charge in [-0.15, -0.1) is 34.0 Å². The maximum Gasteiger partial charge on any atom is 0.0730 e. The average Bonchev–Trinajstić information content (AvgIpc) is 2.62. The number of para-hydroxylation sites is 1. The summed E-state index contributed by atoms with van der Waals surface area (Å²) in [5.74, 6) is 0. The van der Waals surface area contributed by atoms with Gasteiger partial charge < -0.3 is 9.64 Å². The zero-order valence-corrected chi connectivity index (χ0v) is 16.6. The summed E-state index contributed by atoms with van der Waals surface area (Å²) in [6.45, 7) is 3.44. The number of ether oxygens (including phenoxy) is 1. The number of halogens is 2. The second-order valence-electron chi connectivity index (χ2n) is 5.51. The Bertz CT molecular complexity index is 790. The molecule has 5 heteroatoms. The number of hydrogen-bond acceptors (Lipinski definition) is 3. The van der Waals surface area contributed by atoms with Gasteiger partial charge in [0.1, 0.15) is 0 Å². The minimum atomic E-state index is 0. The maximum atomic E-state index is 5.49. The fraction of sp³-hybridized carbons (Fsp3) is 0.211. The van der Waals surface area contributed by atoms with Crippen LogP contribution in [0.3, 0.4) is 0 Å². The van der Waals surface area contributed by atoms with Gasteiger partial charge in [0.05, 0.1) is 24.4 Å². The number of pyridine rings is 1. The molecule has 0 unspecified atom stereocenters. The molecule has 0 radical (unpaired) electrons. The van der Waals surface area contributed by atoms with Crippen molar-refractivity contribution in [3.63, 3.8) is 0 Å². The number of nitrogens with zero attached hydrogens (tertiary/aromatic N) is 2. The highest BCUT2D eigenvalue weighted by Crippen LogP contribution is 2.31. The molecule has 1 aromatic heterocycles.